The van der Waals surface area contributed by atoms with Crippen molar-refractivity contribution in [3.05, 3.63) is 65.0 Å². The first kappa shape index (κ1) is 13.0. The third-order valence-corrected chi connectivity index (χ3v) is 5.29. The number of fused-ring (bicyclic) bond motifs is 2. The number of nitrogens with zero attached hydrogens (tertiary/aromatic N) is 1. The average Bonchev–Trinajstić information content (AvgIpc) is 2.54. The Morgan fingerprint density at radius 1 is 1.00 bits per heavy atom. The van der Waals surface area contributed by atoms with Crippen LogP contribution in [0.4, 0.5) is 0 Å². The first-order chi connectivity index (χ1) is 10.3. The molecular formula is C19H21NO. The van der Waals surface area contributed by atoms with Gasteiger partial charge < -0.3 is 5.11 Å². The summed E-state index contributed by atoms with van der Waals surface area (Å²) in [6.07, 6.45) is 7.79. The molecule has 0 bridgehead atoms. The second-order valence-corrected chi connectivity index (χ2v) is 6.54. The first-order valence-corrected chi connectivity index (χ1v) is 7.99. The maximum atomic E-state index is 11.3. The standard InChI is InChI=1S/C19H21NO/c21-19(11-10-14-5-1-2-6-16(14)13-19)17-9-3-7-15-8-4-12-20-18(15)17/h1-2,4-6,8,12,17,21H,3,7,9-11,13H2. The Balaban J connectivity index is 1.71. The lowest BCUT2D eigenvalue weighted by atomic mass is 9.68. The minimum atomic E-state index is -0.627. The number of hydrogen-bond donors (Lipinski definition) is 1. The summed E-state index contributed by atoms with van der Waals surface area (Å²) in [7, 11) is 0. The van der Waals surface area contributed by atoms with Crippen molar-refractivity contribution >= 4 is 0 Å². The number of aliphatic hydroxyl groups is 1. The number of pyridine rings is 1. The van der Waals surface area contributed by atoms with Gasteiger partial charge >= 0.3 is 0 Å². The number of aryl methyl sites for hydroxylation is 2. The van der Waals surface area contributed by atoms with Crippen LogP contribution in [0.5, 0.6) is 0 Å². The van der Waals surface area contributed by atoms with Gasteiger partial charge in [-0.05, 0) is 54.9 Å². The molecule has 1 aromatic heterocycles. The van der Waals surface area contributed by atoms with Crippen molar-refractivity contribution in [2.24, 2.45) is 0 Å². The van der Waals surface area contributed by atoms with E-state index < -0.39 is 5.60 Å². The summed E-state index contributed by atoms with van der Waals surface area (Å²) in [6.45, 7) is 0. The van der Waals surface area contributed by atoms with E-state index in [2.05, 4.69) is 35.3 Å². The maximum absolute atomic E-state index is 11.3. The van der Waals surface area contributed by atoms with Crippen LogP contribution in [0, 0.1) is 0 Å². The highest BCUT2D eigenvalue weighted by atomic mass is 16.3. The van der Waals surface area contributed by atoms with Crippen molar-refractivity contribution in [2.75, 3.05) is 0 Å². The van der Waals surface area contributed by atoms with Crippen LogP contribution in [-0.2, 0) is 19.3 Å². The monoisotopic (exact) mass is 279 g/mol. The van der Waals surface area contributed by atoms with E-state index in [0.717, 1.165) is 44.2 Å². The largest absolute Gasteiger partial charge is 0.389 e. The summed E-state index contributed by atoms with van der Waals surface area (Å²) in [5, 5.41) is 11.3. The van der Waals surface area contributed by atoms with Crippen molar-refractivity contribution in [1.29, 1.82) is 0 Å². The van der Waals surface area contributed by atoms with Crippen LogP contribution in [0.3, 0.4) is 0 Å². The Bertz CT molecular complexity index is 666. The zero-order valence-corrected chi connectivity index (χ0v) is 12.3. The summed E-state index contributed by atoms with van der Waals surface area (Å²) in [5.74, 6) is 0.191. The average molecular weight is 279 g/mol. The fraction of sp³-hybridized carbons (Fsp3) is 0.421. The number of hydrogen-bond acceptors (Lipinski definition) is 2. The molecule has 2 aliphatic carbocycles. The Kier molecular flexibility index (Phi) is 3.07. The molecule has 0 saturated heterocycles. The van der Waals surface area contributed by atoms with E-state index in [1.54, 1.807) is 0 Å². The molecule has 2 nitrogen and oxygen atoms in total. The third kappa shape index (κ3) is 2.18. The minimum Gasteiger partial charge on any atom is -0.389 e. The van der Waals surface area contributed by atoms with Crippen molar-refractivity contribution < 1.29 is 5.11 Å². The lowest BCUT2D eigenvalue weighted by Crippen LogP contribution is -2.43. The Labute approximate surface area is 125 Å². The van der Waals surface area contributed by atoms with Crippen molar-refractivity contribution in [3.8, 4) is 0 Å². The summed E-state index contributed by atoms with van der Waals surface area (Å²) in [6, 6.07) is 12.7. The molecule has 2 unspecified atom stereocenters. The van der Waals surface area contributed by atoms with Gasteiger partial charge in [-0.2, -0.15) is 0 Å². The minimum absolute atomic E-state index is 0.191. The molecule has 0 spiro atoms. The second kappa shape index (κ2) is 4.96. The van der Waals surface area contributed by atoms with Gasteiger partial charge in [-0.1, -0.05) is 30.3 Å². The highest BCUT2D eigenvalue weighted by Crippen LogP contribution is 2.44. The van der Waals surface area contributed by atoms with Crippen LogP contribution in [0.1, 0.15) is 47.6 Å². The van der Waals surface area contributed by atoms with Crippen LogP contribution in [0.15, 0.2) is 42.6 Å². The van der Waals surface area contributed by atoms with Crippen LogP contribution in [0.25, 0.3) is 0 Å². The maximum Gasteiger partial charge on any atom is 0.0774 e. The Morgan fingerprint density at radius 2 is 1.81 bits per heavy atom. The topological polar surface area (TPSA) is 33.1 Å². The van der Waals surface area contributed by atoms with Gasteiger partial charge in [0.25, 0.3) is 0 Å². The van der Waals surface area contributed by atoms with Gasteiger partial charge in [0, 0.05) is 24.2 Å². The van der Waals surface area contributed by atoms with Crippen LogP contribution >= 0.6 is 0 Å². The van der Waals surface area contributed by atoms with Crippen LogP contribution in [0.2, 0.25) is 0 Å². The summed E-state index contributed by atoms with van der Waals surface area (Å²) in [4.78, 5) is 4.62. The lowest BCUT2D eigenvalue weighted by molar-refractivity contribution is -0.00780. The lowest BCUT2D eigenvalue weighted by Gasteiger charge is -2.42. The normalized spacial score (nSPS) is 27.8. The van der Waals surface area contributed by atoms with E-state index in [0.29, 0.717) is 0 Å². The van der Waals surface area contributed by atoms with Crippen molar-refractivity contribution in [1.82, 2.24) is 4.98 Å². The molecule has 2 atom stereocenters. The highest BCUT2D eigenvalue weighted by molar-refractivity contribution is 5.35. The van der Waals surface area contributed by atoms with Gasteiger partial charge in [0.1, 0.15) is 0 Å². The molecule has 1 heterocycles. The molecule has 0 fully saturated rings. The van der Waals surface area contributed by atoms with E-state index in [-0.39, 0.29) is 5.92 Å². The highest BCUT2D eigenvalue weighted by Gasteiger charge is 2.42. The van der Waals surface area contributed by atoms with E-state index in [1.807, 2.05) is 12.3 Å². The van der Waals surface area contributed by atoms with E-state index in [1.165, 1.54) is 16.7 Å². The molecule has 21 heavy (non-hydrogen) atoms. The number of benzene rings is 1. The summed E-state index contributed by atoms with van der Waals surface area (Å²) < 4.78 is 0. The second-order valence-electron chi connectivity index (χ2n) is 6.54. The van der Waals surface area contributed by atoms with Gasteiger partial charge in [0.15, 0.2) is 0 Å². The quantitative estimate of drug-likeness (QED) is 0.867. The van der Waals surface area contributed by atoms with Crippen LogP contribution in [-0.4, -0.2) is 15.7 Å². The summed E-state index contributed by atoms with van der Waals surface area (Å²) >= 11 is 0. The zero-order valence-electron chi connectivity index (χ0n) is 12.3. The smallest absolute Gasteiger partial charge is 0.0774 e. The molecule has 0 saturated carbocycles. The zero-order chi connectivity index (χ0) is 14.3. The molecule has 1 aromatic carbocycles. The molecular weight excluding hydrogens is 258 g/mol. The van der Waals surface area contributed by atoms with Gasteiger partial charge in [-0.3, -0.25) is 4.98 Å². The predicted molar refractivity (Wildman–Crippen MR) is 83.3 cm³/mol. The summed E-state index contributed by atoms with van der Waals surface area (Å²) in [5.41, 5.74) is 4.57. The molecule has 2 heteroatoms. The van der Waals surface area contributed by atoms with E-state index in [4.69, 9.17) is 0 Å². The molecule has 4 rings (SSSR count). The van der Waals surface area contributed by atoms with Gasteiger partial charge in [-0.25, -0.2) is 0 Å². The van der Waals surface area contributed by atoms with E-state index in [9.17, 15) is 5.11 Å². The van der Waals surface area contributed by atoms with Gasteiger partial charge in [0.2, 0.25) is 0 Å². The number of rotatable bonds is 1. The van der Waals surface area contributed by atoms with Crippen molar-refractivity contribution in [2.45, 2.75) is 50.0 Å². The number of aromatic nitrogens is 1. The predicted octanol–water partition coefficient (Wildman–Crippen LogP) is 3.42. The fourth-order valence-corrected chi connectivity index (χ4v) is 4.17. The SMILES string of the molecule is OC1(C2CCCc3cccnc32)CCc2ccccc2C1. The van der Waals surface area contributed by atoms with Gasteiger partial charge in [0.05, 0.1) is 5.60 Å². The van der Waals surface area contributed by atoms with Crippen molar-refractivity contribution in [3.63, 3.8) is 0 Å². The third-order valence-electron chi connectivity index (χ3n) is 5.29. The Morgan fingerprint density at radius 3 is 2.71 bits per heavy atom. The molecule has 0 amide bonds. The van der Waals surface area contributed by atoms with E-state index >= 15 is 0 Å². The molecule has 2 aromatic rings. The molecule has 0 aliphatic heterocycles. The van der Waals surface area contributed by atoms with Crippen LogP contribution < -0.4 is 0 Å². The molecule has 108 valence electrons. The molecule has 2 aliphatic rings. The Hall–Kier alpha value is -1.67. The van der Waals surface area contributed by atoms with Gasteiger partial charge in [-0.15, -0.1) is 0 Å². The fourth-order valence-electron chi connectivity index (χ4n) is 4.17. The first-order valence-electron chi connectivity index (χ1n) is 7.99. The molecule has 0 radical (unpaired) electrons. The molecule has 1 N–H and O–H groups in total.